The summed E-state index contributed by atoms with van der Waals surface area (Å²) in [4.78, 5) is 3.25. The Labute approximate surface area is 153 Å². The van der Waals surface area contributed by atoms with Crippen LogP contribution >= 0.6 is 0 Å². The molecule has 1 aromatic carbocycles. The number of fused-ring (bicyclic) bond motifs is 2. The summed E-state index contributed by atoms with van der Waals surface area (Å²) in [6, 6.07) is 7.15. The summed E-state index contributed by atoms with van der Waals surface area (Å²) in [5.41, 5.74) is 2.59. The summed E-state index contributed by atoms with van der Waals surface area (Å²) in [6.45, 7) is 15.6. The minimum atomic E-state index is -3.58. The number of nitrogens with zero attached hydrogens (tertiary/aromatic N) is 1. The summed E-state index contributed by atoms with van der Waals surface area (Å²) in [6.07, 6.45) is 3.04. The molecular weight excluding hydrogens is 348 g/mol. The summed E-state index contributed by atoms with van der Waals surface area (Å²) in [5.74, 6) is 0. The first-order valence-corrected chi connectivity index (χ1v) is 14.1. The van der Waals surface area contributed by atoms with Crippen molar-refractivity contribution in [3.05, 3.63) is 42.0 Å². The van der Waals surface area contributed by atoms with E-state index < -0.39 is 18.1 Å². The van der Waals surface area contributed by atoms with Crippen LogP contribution in [-0.4, -0.2) is 33.1 Å². The number of nitrogens with one attached hydrogen (secondary N) is 1. The molecule has 0 aromatic heterocycles. The van der Waals surface area contributed by atoms with Crippen LogP contribution in [0.4, 0.5) is 0 Å². The van der Waals surface area contributed by atoms with Gasteiger partial charge >= 0.3 is 0 Å². The monoisotopic (exact) mass is 378 g/mol. The first-order chi connectivity index (χ1) is 11.4. The number of rotatable bonds is 4. The molecule has 3 rings (SSSR count). The predicted octanol–water partition coefficient (Wildman–Crippen LogP) is 4.08. The summed E-state index contributed by atoms with van der Waals surface area (Å²) >= 11 is 0. The highest BCUT2D eigenvalue weighted by Crippen LogP contribution is 2.53. The second-order valence-corrected chi connectivity index (χ2v) is 16.2. The molecule has 2 saturated heterocycles. The highest BCUT2D eigenvalue weighted by Gasteiger charge is 2.55. The van der Waals surface area contributed by atoms with Gasteiger partial charge in [-0.2, -0.15) is 0 Å². The van der Waals surface area contributed by atoms with Gasteiger partial charge in [-0.3, -0.25) is 0 Å². The van der Waals surface area contributed by atoms with E-state index in [-0.39, 0.29) is 11.6 Å². The third-order valence-corrected chi connectivity index (χ3v) is 10.1. The number of sulfonamides is 1. The van der Waals surface area contributed by atoms with E-state index in [0.29, 0.717) is 10.4 Å². The Bertz CT molecular complexity index is 783. The smallest absolute Gasteiger partial charge is 0.217 e. The fourth-order valence-electron chi connectivity index (χ4n) is 4.47. The van der Waals surface area contributed by atoms with Crippen LogP contribution in [0.1, 0.15) is 31.7 Å². The van der Waals surface area contributed by atoms with Crippen LogP contribution in [-0.2, 0) is 10.0 Å². The predicted molar refractivity (Wildman–Crippen MR) is 106 cm³/mol. The Balaban J connectivity index is 1.95. The molecule has 2 bridgehead atoms. The van der Waals surface area contributed by atoms with E-state index in [4.69, 9.17) is 0 Å². The lowest BCUT2D eigenvalue weighted by Gasteiger charge is -2.48. The van der Waals surface area contributed by atoms with E-state index in [1.807, 2.05) is 24.1 Å². The Kier molecular flexibility index (Phi) is 4.55. The first-order valence-electron chi connectivity index (χ1n) is 9.00. The standard InChI is InChI=1S/C19H30N2O2SSi/c1-14-7-9-16(10-8-14)24(22,23)20-21-18-15(2)13-19(21,3)12-11-17(18)25(4,5)6/h7-10,17-18,20H,2,11-13H2,1,3-6H3/t17-,18-,19-/m1/s1. The number of benzene rings is 1. The highest BCUT2D eigenvalue weighted by molar-refractivity contribution is 7.89. The molecule has 2 fully saturated rings. The van der Waals surface area contributed by atoms with Crippen LogP contribution in [0.2, 0.25) is 25.2 Å². The molecule has 6 heteroatoms. The first kappa shape index (κ1) is 18.8. The van der Waals surface area contributed by atoms with Gasteiger partial charge in [0.15, 0.2) is 0 Å². The molecule has 2 aliphatic rings. The van der Waals surface area contributed by atoms with Crippen LogP contribution in [0, 0.1) is 6.92 Å². The van der Waals surface area contributed by atoms with Gasteiger partial charge in [-0.05, 0) is 50.8 Å². The van der Waals surface area contributed by atoms with Crippen molar-refractivity contribution >= 4 is 18.1 Å². The number of aryl methyl sites for hydroxylation is 1. The third-order valence-electron chi connectivity index (χ3n) is 5.92. The van der Waals surface area contributed by atoms with Gasteiger partial charge in [0, 0.05) is 19.7 Å². The molecular formula is C19H30N2O2SSi. The molecule has 0 unspecified atom stereocenters. The lowest BCUT2D eigenvalue weighted by Crippen LogP contribution is -2.61. The third kappa shape index (κ3) is 3.37. The van der Waals surface area contributed by atoms with Crippen molar-refractivity contribution < 1.29 is 8.42 Å². The van der Waals surface area contributed by atoms with Crippen LogP contribution in [0.25, 0.3) is 0 Å². The Morgan fingerprint density at radius 2 is 1.84 bits per heavy atom. The van der Waals surface area contributed by atoms with E-state index in [1.165, 1.54) is 12.0 Å². The van der Waals surface area contributed by atoms with Crippen LogP contribution in [0.15, 0.2) is 41.3 Å². The van der Waals surface area contributed by atoms with E-state index in [1.54, 1.807) is 12.1 Å². The zero-order valence-electron chi connectivity index (χ0n) is 16.0. The summed E-state index contributed by atoms with van der Waals surface area (Å²) in [5, 5.41) is 2.02. The van der Waals surface area contributed by atoms with Crippen molar-refractivity contribution in [3.63, 3.8) is 0 Å². The molecule has 0 spiro atoms. The van der Waals surface area contributed by atoms with Crippen molar-refractivity contribution in [1.29, 1.82) is 0 Å². The molecule has 2 aliphatic heterocycles. The van der Waals surface area contributed by atoms with Crippen molar-refractivity contribution in [1.82, 2.24) is 9.84 Å². The number of hydrazine groups is 1. The lowest BCUT2D eigenvalue weighted by atomic mass is 9.92. The second kappa shape index (κ2) is 6.05. The molecule has 0 aliphatic carbocycles. The largest absolute Gasteiger partial charge is 0.253 e. The molecule has 3 atom stereocenters. The average molecular weight is 379 g/mol. The Morgan fingerprint density at radius 1 is 1.24 bits per heavy atom. The van der Waals surface area contributed by atoms with E-state index >= 15 is 0 Å². The maximum Gasteiger partial charge on any atom is 0.253 e. The number of piperidine rings is 1. The van der Waals surface area contributed by atoms with Crippen LogP contribution in [0.3, 0.4) is 0 Å². The van der Waals surface area contributed by atoms with Gasteiger partial charge in [-0.1, -0.05) is 49.5 Å². The van der Waals surface area contributed by atoms with Crippen LogP contribution < -0.4 is 4.83 Å². The van der Waals surface area contributed by atoms with Crippen LogP contribution in [0.5, 0.6) is 0 Å². The van der Waals surface area contributed by atoms with Crippen molar-refractivity contribution in [3.8, 4) is 0 Å². The van der Waals surface area contributed by atoms with Gasteiger partial charge < -0.3 is 0 Å². The maximum absolute atomic E-state index is 13.0. The topological polar surface area (TPSA) is 49.4 Å². The number of hydrogen-bond donors (Lipinski definition) is 1. The molecule has 25 heavy (non-hydrogen) atoms. The fourth-order valence-corrected chi connectivity index (χ4v) is 8.00. The molecule has 1 N–H and O–H groups in total. The fraction of sp³-hybridized carbons (Fsp3) is 0.579. The molecule has 0 amide bonds. The zero-order valence-corrected chi connectivity index (χ0v) is 17.8. The van der Waals surface area contributed by atoms with E-state index in [0.717, 1.165) is 18.4 Å². The van der Waals surface area contributed by atoms with Crippen molar-refractivity contribution in [2.24, 2.45) is 0 Å². The van der Waals surface area contributed by atoms with Crippen molar-refractivity contribution in [2.45, 2.75) is 74.8 Å². The maximum atomic E-state index is 13.0. The van der Waals surface area contributed by atoms with Gasteiger partial charge in [0.25, 0.3) is 10.0 Å². The average Bonchev–Trinajstić information content (AvgIpc) is 2.62. The van der Waals surface area contributed by atoms with E-state index in [2.05, 4.69) is 38.0 Å². The minimum Gasteiger partial charge on any atom is -0.217 e. The molecule has 0 radical (unpaired) electrons. The minimum absolute atomic E-state index is 0.116. The number of hydrogen-bond acceptors (Lipinski definition) is 3. The second-order valence-electron chi connectivity index (χ2n) is 9.07. The molecule has 2 heterocycles. The molecule has 1 aromatic rings. The van der Waals surface area contributed by atoms with Crippen molar-refractivity contribution in [2.75, 3.05) is 0 Å². The van der Waals surface area contributed by atoms with Gasteiger partial charge in [-0.15, -0.1) is 4.83 Å². The van der Waals surface area contributed by atoms with Gasteiger partial charge in [0.05, 0.1) is 4.90 Å². The Hall–Kier alpha value is -0.953. The molecule has 0 saturated carbocycles. The van der Waals surface area contributed by atoms with E-state index in [9.17, 15) is 8.42 Å². The summed E-state index contributed by atoms with van der Waals surface area (Å²) < 4.78 is 25.9. The zero-order chi connectivity index (χ0) is 18.6. The Morgan fingerprint density at radius 3 is 2.40 bits per heavy atom. The summed E-state index contributed by atoms with van der Waals surface area (Å²) in [7, 11) is -5.01. The SMILES string of the molecule is C=C1C[C@@]2(C)CC[C@@H]([Si](C)(C)C)[C@@H]1N2NS(=O)(=O)c1ccc(C)cc1. The highest BCUT2D eigenvalue weighted by atomic mass is 32.2. The van der Waals surface area contributed by atoms with Gasteiger partial charge in [-0.25, -0.2) is 13.4 Å². The normalized spacial score (nSPS) is 30.7. The van der Waals surface area contributed by atoms with Gasteiger partial charge in [0.2, 0.25) is 0 Å². The molecule has 4 nitrogen and oxygen atoms in total. The molecule has 138 valence electrons. The lowest BCUT2D eigenvalue weighted by molar-refractivity contribution is 0.0459. The van der Waals surface area contributed by atoms with Gasteiger partial charge in [0.1, 0.15) is 0 Å². The quantitative estimate of drug-likeness (QED) is 0.634.